The average Bonchev–Trinajstić information content (AvgIpc) is 1.61. The fourth-order valence-electron chi connectivity index (χ4n) is 0.166. The van der Waals surface area contributed by atoms with E-state index in [1.54, 1.807) is 0 Å². The number of carbonyl (C=O) groups excluding carboxylic acids is 1. The van der Waals surface area contributed by atoms with Crippen LogP contribution < -0.4 is 0 Å². The van der Waals surface area contributed by atoms with Gasteiger partial charge < -0.3 is 4.74 Å². The Morgan fingerprint density at radius 2 is 2.29 bits per heavy atom. The fourth-order valence-corrected chi connectivity index (χ4v) is 0.166. The van der Waals surface area contributed by atoms with E-state index in [9.17, 15) is 4.79 Å². The van der Waals surface area contributed by atoms with Crippen LogP contribution in [0.5, 0.6) is 0 Å². The largest absolute Gasteiger partial charge is 0.468 e. The first kappa shape index (κ1) is 10.3. The molecule has 0 unspecified atom stereocenters. The third-order valence-corrected chi connectivity index (χ3v) is 0.390. The normalized spacial score (nSPS) is 6.43. The Bertz CT molecular complexity index is 38.7. The molecule has 0 N–H and O–H groups in total. The van der Waals surface area contributed by atoms with Gasteiger partial charge in [-0.2, -0.15) is 0 Å². The Labute approximate surface area is 62.0 Å². The molecule has 3 heteroatoms. The topological polar surface area (TPSA) is 26.3 Å². The van der Waals surface area contributed by atoms with E-state index >= 15 is 0 Å². The second-order valence-electron chi connectivity index (χ2n) is 0.967. The zero-order valence-corrected chi connectivity index (χ0v) is 7.90. The van der Waals surface area contributed by atoms with Crippen molar-refractivity contribution in [3.8, 4) is 0 Å². The van der Waals surface area contributed by atoms with E-state index < -0.39 is 0 Å². The minimum absolute atomic E-state index is 0. The molecule has 0 bridgehead atoms. The molecule has 0 aromatic carbocycles. The minimum Gasteiger partial charge on any atom is -0.468 e. The molecule has 0 aliphatic carbocycles. The van der Waals surface area contributed by atoms with E-state index in [1.807, 2.05) is 6.92 Å². The van der Waals surface area contributed by atoms with Crippen LogP contribution in [0.15, 0.2) is 0 Å². The molecule has 0 spiro atoms. The molecular weight excluding hydrogens is 259 g/mol. The van der Waals surface area contributed by atoms with Crippen LogP contribution in [0.4, 0.5) is 0 Å². The van der Waals surface area contributed by atoms with E-state index in [1.165, 1.54) is 0 Å². The van der Waals surface area contributed by atoms with Crippen LogP contribution in [-0.2, 0) is 35.4 Å². The van der Waals surface area contributed by atoms with Crippen molar-refractivity contribution in [1.82, 2.24) is 0 Å². The molecule has 40 valence electrons. The van der Waals surface area contributed by atoms with Gasteiger partial charge in [0.15, 0.2) is 0 Å². The maximum atomic E-state index is 9.34. The zero-order chi connectivity index (χ0) is 4.83. The van der Waals surface area contributed by atoms with E-state index in [4.69, 9.17) is 0 Å². The van der Waals surface area contributed by atoms with Crippen molar-refractivity contribution in [3.05, 3.63) is 0 Å². The summed E-state index contributed by atoms with van der Waals surface area (Å²) < 4.78 is 4.30. The minimum atomic E-state index is 0. The molecule has 0 saturated carbocycles. The van der Waals surface area contributed by atoms with Gasteiger partial charge in [0.25, 0.3) is 6.47 Å². The second-order valence-corrected chi connectivity index (χ2v) is 0.967. The van der Waals surface area contributed by atoms with Crippen LogP contribution in [-0.4, -0.2) is 13.1 Å². The second kappa shape index (κ2) is 9.60. The maximum absolute atomic E-state index is 9.34. The van der Waals surface area contributed by atoms with Crippen LogP contribution in [0, 0.1) is 0 Å². The van der Waals surface area contributed by atoms with Crippen molar-refractivity contribution in [2.45, 2.75) is 13.3 Å². The molecule has 0 aliphatic heterocycles. The first-order valence-electron chi connectivity index (χ1n) is 1.97. The molecule has 0 fully saturated rings. The summed E-state index contributed by atoms with van der Waals surface area (Å²) in [4.78, 5) is 9.34. The standard InChI is InChI=1S/C4H8O2.Hf/c1-2-3-6-4-5;/h4H,2-3H2,1H3;. The fraction of sp³-hybridized carbons (Fsp3) is 0.750. The quantitative estimate of drug-likeness (QED) is 0.424. The molecule has 0 atom stereocenters. The van der Waals surface area contributed by atoms with Gasteiger partial charge in [-0.25, -0.2) is 0 Å². The molecule has 0 saturated heterocycles. The predicted molar refractivity (Wildman–Crippen MR) is 22.3 cm³/mol. The van der Waals surface area contributed by atoms with Crippen LogP contribution in [0.2, 0.25) is 0 Å². The van der Waals surface area contributed by atoms with E-state index in [2.05, 4.69) is 4.74 Å². The zero-order valence-electron chi connectivity index (χ0n) is 4.31. The van der Waals surface area contributed by atoms with E-state index in [0.717, 1.165) is 6.42 Å². The summed E-state index contributed by atoms with van der Waals surface area (Å²) in [6.45, 7) is 2.95. The summed E-state index contributed by atoms with van der Waals surface area (Å²) >= 11 is 0. The molecule has 0 radical (unpaired) electrons. The van der Waals surface area contributed by atoms with Gasteiger partial charge in [-0.05, 0) is 6.42 Å². The van der Waals surface area contributed by atoms with Gasteiger partial charge in [-0.3, -0.25) is 4.79 Å². The van der Waals surface area contributed by atoms with E-state index in [-0.39, 0.29) is 25.8 Å². The van der Waals surface area contributed by atoms with Crippen LogP contribution >= 0.6 is 0 Å². The van der Waals surface area contributed by atoms with Crippen molar-refractivity contribution < 1.29 is 35.4 Å². The third kappa shape index (κ3) is 10.7. The molecule has 0 heterocycles. The van der Waals surface area contributed by atoms with Crippen molar-refractivity contribution >= 4 is 6.47 Å². The summed E-state index contributed by atoms with van der Waals surface area (Å²) in [7, 11) is 0. The number of ether oxygens (including phenoxy) is 1. The SMILES string of the molecule is CCCOC=O.[Hf]. The van der Waals surface area contributed by atoms with Gasteiger partial charge in [0, 0.05) is 25.8 Å². The van der Waals surface area contributed by atoms with Crippen LogP contribution in [0.1, 0.15) is 13.3 Å². The molecule has 0 rings (SSSR count). The molecule has 0 aromatic heterocycles. The van der Waals surface area contributed by atoms with Gasteiger partial charge in [0.2, 0.25) is 0 Å². The predicted octanol–water partition coefficient (Wildman–Crippen LogP) is 0.567. The summed E-state index contributed by atoms with van der Waals surface area (Å²) in [5, 5.41) is 0. The molecule has 0 amide bonds. The molecule has 0 aliphatic rings. The maximum Gasteiger partial charge on any atom is 0.293 e. The molecular formula is C4H8HfO2. The Morgan fingerprint density at radius 1 is 1.71 bits per heavy atom. The summed E-state index contributed by atoms with van der Waals surface area (Å²) in [5.74, 6) is 0. The first-order valence-corrected chi connectivity index (χ1v) is 1.97. The number of rotatable bonds is 3. The van der Waals surface area contributed by atoms with E-state index in [0.29, 0.717) is 13.1 Å². The van der Waals surface area contributed by atoms with Crippen molar-refractivity contribution in [3.63, 3.8) is 0 Å². The van der Waals surface area contributed by atoms with Gasteiger partial charge in [0.1, 0.15) is 0 Å². The molecule has 2 nitrogen and oxygen atoms in total. The number of carbonyl (C=O) groups is 1. The average molecular weight is 267 g/mol. The Morgan fingerprint density at radius 3 is 2.43 bits per heavy atom. The summed E-state index contributed by atoms with van der Waals surface area (Å²) in [5.41, 5.74) is 0. The Balaban J connectivity index is 0. The smallest absolute Gasteiger partial charge is 0.293 e. The number of hydrogen-bond acceptors (Lipinski definition) is 2. The van der Waals surface area contributed by atoms with Gasteiger partial charge in [0.05, 0.1) is 6.61 Å². The van der Waals surface area contributed by atoms with Crippen molar-refractivity contribution in [2.75, 3.05) is 6.61 Å². The van der Waals surface area contributed by atoms with Gasteiger partial charge in [-0.1, -0.05) is 6.92 Å². The van der Waals surface area contributed by atoms with Gasteiger partial charge in [-0.15, -0.1) is 0 Å². The van der Waals surface area contributed by atoms with Crippen LogP contribution in [0.25, 0.3) is 0 Å². The van der Waals surface area contributed by atoms with Crippen molar-refractivity contribution in [1.29, 1.82) is 0 Å². The summed E-state index contributed by atoms with van der Waals surface area (Å²) in [6, 6.07) is 0. The van der Waals surface area contributed by atoms with Gasteiger partial charge >= 0.3 is 0 Å². The summed E-state index contributed by atoms with van der Waals surface area (Å²) in [6.07, 6.45) is 0.902. The monoisotopic (exact) mass is 268 g/mol. The Kier molecular flexibility index (Phi) is 14.2. The molecule has 0 aromatic rings. The molecule has 7 heavy (non-hydrogen) atoms. The third-order valence-electron chi connectivity index (χ3n) is 0.390. The van der Waals surface area contributed by atoms with Crippen LogP contribution in [0.3, 0.4) is 0 Å². The number of hydrogen-bond donors (Lipinski definition) is 0. The first-order chi connectivity index (χ1) is 2.91. The van der Waals surface area contributed by atoms with Crippen molar-refractivity contribution in [2.24, 2.45) is 0 Å². The Hall–Kier alpha value is 0.340.